The van der Waals surface area contributed by atoms with Crippen molar-refractivity contribution in [2.75, 3.05) is 0 Å². The minimum atomic E-state index is -0.660. The second kappa shape index (κ2) is 6.83. The first-order valence-corrected chi connectivity index (χ1v) is 9.53. The second-order valence-corrected chi connectivity index (χ2v) is 7.81. The number of carbonyl (C=O) groups is 1. The van der Waals surface area contributed by atoms with Crippen molar-refractivity contribution in [1.29, 1.82) is 0 Å². The average Bonchev–Trinajstić information content (AvgIpc) is 3.41. The van der Waals surface area contributed by atoms with Gasteiger partial charge in [-0.25, -0.2) is 4.79 Å². The molecule has 2 saturated carbocycles. The van der Waals surface area contributed by atoms with Crippen molar-refractivity contribution < 1.29 is 14.1 Å². The van der Waals surface area contributed by atoms with Crippen LogP contribution in [0.25, 0.3) is 11.1 Å². The number of rotatable bonds is 5. The third kappa shape index (κ3) is 3.48. The van der Waals surface area contributed by atoms with Gasteiger partial charge in [-0.2, -0.15) is 0 Å². The highest BCUT2D eigenvalue weighted by molar-refractivity contribution is 5.81. The van der Waals surface area contributed by atoms with E-state index in [2.05, 4.69) is 6.92 Å². The van der Waals surface area contributed by atoms with E-state index < -0.39 is 10.7 Å². The van der Waals surface area contributed by atoms with E-state index in [9.17, 15) is 19.7 Å². The predicted octanol–water partition coefficient (Wildman–Crippen LogP) is 3.07. The lowest BCUT2D eigenvalue weighted by Gasteiger charge is -2.36. The highest BCUT2D eigenvalue weighted by atomic mass is 16.6. The Kier molecular flexibility index (Phi) is 4.49. The summed E-state index contributed by atoms with van der Waals surface area (Å²) in [6.45, 7) is 2.10. The maximum absolute atomic E-state index is 13.1. The summed E-state index contributed by atoms with van der Waals surface area (Å²) in [5.74, 6) is -0.0707. The molecule has 144 valence electrons. The Morgan fingerprint density at radius 1 is 1.22 bits per heavy atom. The van der Waals surface area contributed by atoms with Crippen LogP contribution in [-0.4, -0.2) is 32.4 Å². The summed E-state index contributed by atoms with van der Waals surface area (Å²) < 4.78 is 6.38. The Balaban J connectivity index is 1.61. The van der Waals surface area contributed by atoms with Gasteiger partial charge in [0.1, 0.15) is 6.54 Å². The van der Waals surface area contributed by atoms with Crippen LogP contribution in [0.5, 0.6) is 0 Å². The lowest BCUT2D eigenvalue weighted by atomic mass is 9.86. The summed E-state index contributed by atoms with van der Waals surface area (Å²) >= 11 is 0. The fourth-order valence-corrected chi connectivity index (χ4v) is 4.11. The molecule has 8 heteroatoms. The molecule has 27 heavy (non-hydrogen) atoms. The summed E-state index contributed by atoms with van der Waals surface area (Å²) in [6, 6.07) is 4.47. The smallest absolute Gasteiger partial charge is 0.408 e. The van der Waals surface area contributed by atoms with Crippen molar-refractivity contribution >= 4 is 22.7 Å². The normalized spacial score (nSPS) is 22.7. The first kappa shape index (κ1) is 17.8. The van der Waals surface area contributed by atoms with E-state index in [-0.39, 0.29) is 41.3 Å². The minimum Gasteiger partial charge on any atom is -0.408 e. The van der Waals surface area contributed by atoms with Gasteiger partial charge in [-0.15, -0.1) is 0 Å². The molecule has 8 nitrogen and oxygen atoms in total. The zero-order valence-corrected chi connectivity index (χ0v) is 15.3. The molecule has 0 aliphatic heterocycles. The molecule has 1 aromatic carbocycles. The SMILES string of the molecule is CC1CCC(N(C(=O)Cn2c(=O)oc3ccc([N+](=O)[O-])cc32)C2CC2)CC1. The van der Waals surface area contributed by atoms with Crippen LogP contribution < -0.4 is 5.76 Å². The quantitative estimate of drug-likeness (QED) is 0.592. The number of nitro benzene ring substituents is 1. The lowest BCUT2D eigenvalue weighted by molar-refractivity contribution is -0.384. The van der Waals surface area contributed by atoms with Gasteiger partial charge in [-0.1, -0.05) is 6.92 Å². The molecule has 2 aliphatic carbocycles. The Labute approximate surface area is 155 Å². The monoisotopic (exact) mass is 373 g/mol. The number of benzene rings is 1. The molecule has 0 saturated heterocycles. The molecule has 4 rings (SSSR count). The Bertz CT molecular complexity index is 934. The Morgan fingerprint density at radius 2 is 1.85 bits per heavy atom. The van der Waals surface area contributed by atoms with Crippen molar-refractivity contribution in [1.82, 2.24) is 9.47 Å². The molecule has 2 aromatic rings. The Morgan fingerprint density at radius 3 is 2.44 bits per heavy atom. The van der Waals surface area contributed by atoms with Crippen LogP contribution in [0.15, 0.2) is 27.4 Å². The molecule has 2 fully saturated rings. The number of nitro groups is 1. The predicted molar refractivity (Wildman–Crippen MR) is 98.4 cm³/mol. The molecule has 1 heterocycles. The molecule has 2 aliphatic rings. The van der Waals surface area contributed by atoms with Crippen LogP contribution in [0.4, 0.5) is 5.69 Å². The van der Waals surface area contributed by atoms with Crippen LogP contribution in [0.3, 0.4) is 0 Å². The van der Waals surface area contributed by atoms with E-state index in [1.54, 1.807) is 0 Å². The molecule has 0 N–H and O–H groups in total. The van der Waals surface area contributed by atoms with Crippen LogP contribution >= 0.6 is 0 Å². The van der Waals surface area contributed by atoms with Crippen molar-refractivity contribution in [3.63, 3.8) is 0 Å². The molecule has 0 spiro atoms. The van der Waals surface area contributed by atoms with Crippen LogP contribution in [0.1, 0.15) is 45.4 Å². The van der Waals surface area contributed by atoms with Gasteiger partial charge >= 0.3 is 5.76 Å². The summed E-state index contributed by atoms with van der Waals surface area (Å²) in [6.07, 6.45) is 6.23. The third-order valence-corrected chi connectivity index (χ3v) is 5.76. The number of hydrogen-bond acceptors (Lipinski definition) is 5. The number of fused-ring (bicyclic) bond motifs is 1. The average molecular weight is 373 g/mol. The molecule has 0 unspecified atom stereocenters. The number of non-ortho nitro benzene ring substituents is 1. The van der Waals surface area contributed by atoms with E-state index in [1.807, 2.05) is 4.90 Å². The first-order chi connectivity index (χ1) is 12.9. The maximum atomic E-state index is 13.1. The van der Waals surface area contributed by atoms with Gasteiger partial charge in [0.25, 0.3) is 5.69 Å². The van der Waals surface area contributed by atoms with E-state index in [0.29, 0.717) is 5.92 Å². The number of aromatic nitrogens is 1. The molecule has 0 bridgehead atoms. The topological polar surface area (TPSA) is 98.6 Å². The molecular formula is C19H23N3O5. The second-order valence-electron chi connectivity index (χ2n) is 7.81. The molecule has 0 radical (unpaired) electrons. The number of carbonyl (C=O) groups excluding carboxylic acids is 1. The highest BCUT2D eigenvalue weighted by Crippen LogP contribution is 2.35. The largest absolute Gasteiger partial charge is 0.420 e. The van der Waals surface area contributed by atoms with E-state index in [0.717, 1.165) is 38.5 Å². The fraction of sp³-hybridized carbons (Fsp3) is 0.579. The number of nitrogens with zero attached hydrogens (tertiary/aromatic N) is 3. The van der Waals surface area contributed by atoms with Gasteiger partial charge in [0.2, 0.25) is 5.91 Å². The van der Waals surface area contributed by atoms with Gasteiger partial charge in [0, 0.05) is 24.2 Å². The van der Waals surface area contributed by atoms with Crippen molar-refractivity contribution in [3.05, 3.63) is 38.9 Å². The molecular weight excluding hydrogens is 350 g/mol. The number of hydrogen-bond donors (Lipinski definition) is 0. The summed E-state index contributed by atoms with van der Waals surface area (Å²) in [5.41, 5.74) is 0.406. The van der Waals surface area contributed by atoms with Crippen molar-refractivity contribution in [2.45, 2.75) is 64.1 Å². The summed E-state index contributed by atoms with van der Waals surface area (Å²) in [7, 11) is 0. The van der Waals surface area contributed by atoms with Crippen LogP contribution in [0, 0.1) is 16.0 Å². The molecule has 0 atom stereocenters. The summed E-state index contributed by atoms with van der Waals surface area (Å²) in [4.78, 5) is 37.8. The molecule has 1 amide bonds. The van der Waals surface area contributed by atoms with E-state index in [4.69, 9.17) is 4.42 Å². The Hall–Kier alpha value is -2.64. The van der Waals surface area contributed by atoms with Crippen molar-refractivity contribution in [2.24, 2.45) is 5.92 Å². The zero-order valence-electron chi connectivity index (χ0n) is 15.3. The lowest BCUT2D eigenvalue weighted by Crippen LogP contribution is -2.45. The van der Waals surface area contributed by atoms with Gasteiger partial charge < -0.3 is 9.32 Å². The van der Waals surface area contributed by atoms with Gasteiger partial charge in [-0.3, -0.25) is 19.5 Å². The van der Waals surface area contributed by atoms with E-state index in [1.165, 1.54) is 22.8 Å². The van der Waals surface area contributed by atoms with Crippen LogP contribution in [-0.2, 0) is 11.3 Å². The maximum Gasteiger partial charge on any atom is 0.420 e. The van der Waals surface area contributed by atoms with Crippen LogP contribution in [0.2, 0.25) is 0 Å². The first-order valence-electron chi connectivity index (χ1n) is 9.53. The van der Waals surface area contributed by atoms with Crippen molar-refractivity contribution in [3.8, 4) is 0 Å². The number of amides is 1. The zero-order chi connectivity index (χ0) is 19.1. The standard InChI is InChI=1S/C19H23N3O5/c1-12-2-4-13(5-3-12)21(14-6-7-14)18(23)11-20-16-10-15(22(25)26)8-9-17(16)27-19(20)24/h8-10,12-14H,2-7,11H2,1H3. The summed E-state index contributed by atoms with van der Waals surface area (Å²) in [5, 5.41) is 11.0. The van der Waals surface area contributed by atoms with E-state index >= 15 is 0 Å². The molecule has 1 aromatic heterocycles. The van der Waals surface area contributed by atoms with Gasteiger partial charge in [-0.05, 0) is 50.5 Å². The van der Waals surface area contributed by atoms with Gasteiger partial charge in [0.15, 0.2) is 5.58 Å². The fourth-order valence-electron chi connectivity index (χ4n) is 4.11. The number of oxazole rings is 1. The van der Waals surface area contributed by atoms with Gasteiger partial charge in [0.05, 0.1) is 10.4 Å². The highest BCUT2D eigenvalue weighted by Gasteiger charge is 2.38. The minimum absolute atomic E-state index is 0.103. The third-order valence-electron chi connectivity index (χ3n) is 5.76.